The van der Waals surface area contributed by atoms with Crippen molar-refractivity contribution in [2.75, 3.05) is 5.32 Å². The molecule has 1 atom stereocenters. The average molecular weight is 262 g/mol. The van der Waals surface area contributed by atoms with E-state index in [4.69, 9.17) is 4.74 Å². The van der Waals surface area contributed by atoms with Crippen LogP contribution in [0.2, 0.25) is 0 Å². The third kappa shape index (κ3) is 4.12. The molecule has 19 heavy (non-hydrogen) atoms. The minimum atomic E-state index is 0.151. The second kappa shape index (κ2) is 5.81. The van der Waals surface area contributed by atoms with Gasteiger partial charge >= 0.3 is 0 Å². The van der Waals surface area contributed by atoms with Crippen LogP contribution >= 0.6 is 0 Å². The Hall–Kier alpha value is -1.25. The molecule has 1 aliphatic carbocycles. The summed E-state index contributed by atoms with van der Waals surface area (Å²) in [6.45, 7) is 8.77. The number of nitrogens with zero attached hydrogens (tertiary/aromatic N) is 1. The SMILES string of the molecule is CC(C)Oc1ncccc1NC1CCCC(C)(C)C1. The van der Waals surface area contributed by atoms with Crippen molar-refractivity contribution in [2.24, 2.45) is 5.41 Å². The van der Waals surface area contributed by atoms with E-state index in [9.17, 15) is 0 Å². The molecule has 3 heteroatoms. The van der Waals surface area contributed by atoms with Gasteiger partial charge in [0.1, 0.15) is 0 Å². The topological polar surface area (TPSA) is 34.1 Å². The fraction of sp³-hybridized carbons (Fsp3) is 0.688. The van der Waals surface area contributed by atoms with Crippen LogP contribution in [0.1, 0.15) is 53.4 Å². The first kappa shape index (κ1) is 14.2. The van der Waals surface area contributed by atoms with Gasteiger partial charge in [-0.05, 0) is 50.7 Å². The number of hydrogen-bond acceptors (Lipinski definition) is 3. The molecule has 0 radical (unpaired) electrons. The van der Waals surface area contributed by atoms with Gasteiger partial charge in [-0.2, -0.15) is 0 Å². The summed E-state index contributed by atoms with van der Waals surface area (Å²) in [7, 11) is 0. The van der Waals surface area contributed by atoms with Crippen LogP contribution in [0, 0.1) is 5.41 Å². The van der Waals surface area contributed by atoms with Gasteiger partial charge in [0.25, 0.3) is 0 Å². The first-order valence-corrected chi connectivity index (χ1v) is 7.34. The van der Waals surface area contributed by atoms with Gasteiger partial charge < -0.3 is 10.1 Å². The number of hydrogen-bond donors (Lipinski definition) is 1. The van der Waals surface area contributed by atoms with E-state index in [2.05, 4.69) is 30.2 Å². The van der Waals surface area contributed by atoms with Gasteiger partial charge in [-0.1, -0.05) is 20.3 Å². The third-order valence-electron chi connectivity index (χ3n) is 3.68. The number of ether oxygens (including phenoxy) is 1. The third-order valence-corrected chi connectivity index (χ3v) is 3.68. The minimum absolute atomic E-state index is 0.151. The molecule has 1 fully saturated rings. The summed E-state index contributed by atoms with van der Waals surface area (Å²) in [5, 5.41) is 3.62. The maximum Gasteiger partial charge on any atom is 0.237 e. The molecule has 0 spiro atoms. The lowest BCUT2D eigenvalue weighted by molar-refractivity contribution is 0.224. The van der Waals surface area contributed by atoms with Gasteiger partial charge in [0.2, 0.25) is 5.88 Å². The summed E-state index contributed by atoms with van der Waals surface area (Å²) < 4.78 is 5.77. The number of anilines is 1. The molecule has 1 saturated carbocycles. The Morgan fingerprint density at radius 2 is 2.21 bits per heavy atom. The van der Waals surface area contributed by atoms with Crippen LogP contribution in [0.15, 0.2) is 18.3 Å². The molecule has 0 saturated heterocycles. The van der Waals surface area contributed by atoms with E-state index in [-0.39, 0.29) is 6.10 Å². The van der Waals surface area contributed by atoms with Crippen LogP contribution in [0.3, 0.4) is 0 Å². The molecule has 1 aliphatic rings. The van der Waals surface area contributed by atoms with E-state index in [1.165, 1.54) is 25.7 Å². The number of rotatable bonds is 4. The smallest absolute Gasteiger partial charge is 0.237 e. The number of pyridine rings is 1. The number of nitrogens with one attached hydrogen (secondary N) is 1. The van der Waals surface area contributed by atoms with Crippen molar-refractivity contribution in [3.63, 3.8) is 0 Å². The van der Waals surface area contributed by atoms with E-state index in [1.807, 2.05) is 19.9 Å². The van der Waals surface area contributed by atoms with Crippen LogP contribution in [-0.2, 0) is 0 Å². The van der Waals surface area contributed by atoms with Crippen molar-refractivity contribution in [3.8, 4) is 5.88 Å². The zero-order valence-electron chi connectivity index (χ0n) is 12.6. The Labute approximate surface area is 116 Å². The van der Waals surface area contributed by atoms with E-state index in [1.54, 1.807) is 6.20 Å². The second-order valence-corrected chi connectivity index (χ2v) is 6.62. The molecule has 1 heterocycles. The summed E-state index contributed by atoms with van der Waals surface area (Å²) in [5.74, 6) is 0.723. The van der Waals surface area contributed by atoms with Gasteiger partial charge in [-0.15, -0.1) is 0 Å². The summed E-state index contributed by atoms with van der Waals surface area (Å²) in [5.41, 5.74) is 1.47. The van der Waals surface area contributed by atoms with Crippen LogP contribution in [0.5, 0.6) is 5.88 Å². The van der Waals surface area contributed by atoms with Gasteiger partial charge in [0.05, 0.1) is 11.8 Å². The maximum atomic E-state index is 5.77. The Bertz CT molecular complexity index is 415. The molecule has 1 N–H and O–H groups in total. The molecular weight excluding hydrogens is 236 g/mol. The fourth-order valence-electron chi connectivity index (χ4n) is 2.86. The predicted molar refractivity (Wildman–Crippen MR) is 79.7 cm³/mol. The Balaban J connectivity index is 2.06. The number of aromatic nitrogens is 1. The molecule has 1 aromatic heterocycles. The summed E-state index contributed by atoms with van der Waals surface area (Å²) in [4.78, 5) is 4.34. The molecule has 106 valence electrons. The molecule has 0 aliphatic heterocycles. The first-order chi connectivity index (χ1) is 8.96. The molecule has 0 aromatic carbocycles. The second-order valence-electron chi connectivity index (χ2n) is 6.62. The quantitative estimate of drug-likeness (QED) is 0.880. The molecule has 0 bridgehead atoms. The lowest BCUT2D eigenvalue weighted by Gasteiger charge is -2.36. The fourth-order valence-corrected chi connectivity index (χ4v) is 2.86. The average Bonchev–Trinajstić information content (AvgIpc) is 2.30. The highest BCUT2D eigenvalue weighted by Gasteiger charge is 2.28. The normalized spacial score (nSPS) is 22.3. The molecule has 2 rings (SSSR count). The van der Waals surface area contributed by atoms with Crippen LogP contribution in [0.25, 0.3) is 0 Å². The van der Waals surface area contributed by atoms with E-state index in [0.29, 0.717) is 11.5 Å². The van der Waals surface area contributed by atoms with Crippen molar-refractivity contribution >= 4 is 5.69 Å². The van der Waals surface area contributed by atoms with Crippen LogP contribution in [0.4, 0.5) is 5.69 Å². The zero-order valence-corrected chi connectivity index (χ0v) is 12.6. The highest BCUT2D eigenvalue weighted by Crippen LogP contribution is 2.37. The molecule has 3 nitrogen and oxygen atoms in total. The molecular formula is C16H26N2O. The monoisotopic (exact) mass is 262 g/mol. The Morgan fingerprint density at radius 3 is 2.89 bits per heavy atom. The lowest BCUT2D eigenvalue weighted by Crippen LogP contribution is -2.32. The van der Waals surface area contributed by atoms with Crippen molar-refractivity contribution < 1.29 is 4.74 Å². The van der Waals surface area contributed by atoms with E-state index in [0.717, 1.165) is 11.6 Å². The van der Waals surface area contributed by atoms with Gasteiger partial charge in [-0.25, -0.2) is 4.98 Å². The van der Waals surface area contributed by atoms with E-state index >= 15 is 0 Å². The van der Waals surface area contributed by atoms with Crippen molar-refractivity contribution in [3.05, 3.63) is 18.3 Å². The summed E-state index contributed by atoms with van der Waals surface area (Å²) in [6.07, 6.45) is 7.01. The molecule has 0 amide bonds. The van der Waals surface area contributed by atoms with Crippen molar-refractivity contribution in [2.45, 2.75) is 65.5 Å². The van der Waals surface area contributed by atoms with Crippen molar-refractivity contribution in [1.29, 1.82) is 0 Å². The van der Waals surface area contributed by atoms with Gasteiger partial charge in [0.15, 0.2) is 0 Å². The highest BCUT2D eigenvalue weighted by molar-refractivity contribution is 5.52. The first-order valence-electron chi connectivity index (χ1n) is 7.34. The van der Waals surface area contributed by atoms with E-state index < -0.39 is 0 Å². The summed E-state index contributed by atoms with van der Waals surface area (Å²) in [6, 6.07) is 4.55. The Kier molecular flexibility index (Phi) is 4.33. The highest BCUT2D eigenvalue weighted by atomic mass is 16.5. The largest absolute Gasteiger partial charge is 0.473 e. The van der Waals surface area contributed by atoms with Crippen LogP contribution < -0.4 is 10.1 Å². The standard InChI is InChI=1S/C16H26N2O/c1-12(2)19-15-14(8-6-10-17-15)18-13-7-5-9-16(3,4)11-13/h6,8,10,12-13,18H,5,7,9,11H2,1-4H3. The van der Waals surface area contributed by atoms with Gasteiger partial charge in [0, 0.05) is 12.2 Å². The lowest BCUT2D eigenvalue weighted by atomic mass is 9.75. The molecule has 1 aromatic rings. The van der Waals surface area contributed by atoms with Crippen LogP contribution in [-0.4, -0.2) is 17.1 Å². The van der Waals surface area contributed by atoms with Crippen molar-refractivity contribution in [1.82, 2.24) is 4.98 Å². The maximum absolute atomic E-state index is 5.77. The minimum Gasteiger partial charge on any atom is -0.473 e. The molecule has 1 unspecified atom stereocenters. The summed E-state index contributed by atoms with van der Waals surface area (Å²) >= 11 is 0. The van der Waals surface area contributed by atoms with Gasteiger partial charge in [-0.3, -0.25) is 0 Å². The Morgan fingerprint density at radius 1 is 1.42 bits per heavy atom. The zero-order chi connectivity index (χ0) is 13.9. The predicted octanol–water partition coefficient (Wildman–Crippen LogP) is 4.25.